The van der Waals surface area contributed by atoms with Crippen LogP contribution in [-0.2, 0) is 6.42 Å². The van der Waals surface area contributed by atoms with E-state index in [9.17, 15) is 0 Å². The summed E-state index contributed by atoms with van der Waals surface area (Å²) >= 11 is 0. The summed E-state index contributed by atoms with van der Waals surface area (Å²) in [6.45, 7) is 2.27. The fourth-order valence-electron chi connectivity index (χ4n) is 11.5. The Morgan fingerprint density at radius 3 is 1.75 bits per heavy atom. The summed E-state index contributed by atoms with van der Waals surface area (Å²) < 4.78 is 6.69. The number of nitrogens with zero attached hydrogens (tertiary/aromatic N) is 4. The number of furan rings is 1. The molecule has 1 aliphatic carbocycles. The third kappa shape index (κ3) is 8.57. The van der Waals surface area contributed by atoms with Crippen LogP contribution in [0.1, 0.15) is 77.4 Å². The molecule has 5 nitrogen and oxygen atoms in total. The lowest BCUT2D eigenvalue weighted by molar-refractivity contribution is 0.570. The van der Waals surface area contributed by atoms with Gasteiger partial charge < -0.3 is 4.42 Å². The molecule has 0 bridgehead atoms. The topological polar surface area (TPSA) is 64.2 Å². The second-order valence-corrected chi connectivity index (χ2v) is 19.6. The van der Waals surface area contributed by atoms with Crippen LogP contribution in [0.4, 0.5) is 0 Å². The van der Waals surface area contributed by atoms with Crippen molar-refractivity contribution in [1.82, 2.24) is 15.0 Å². The van der Waals surface area contributed by atoms with Gasteiger partial charge in [0.15, 0.2) is 17.5 Å². The van der Waals surface area contributed by atoms with Gasteiger partial charge >= 0.3 is 0 Å². The average molecular weight is 941 g/mol. The Balaban J connectivity index is 0.897. The molecule has 3 heterocycles. The van der Waals surface area contributed by atoms with Gasteiger partial charge in [-0.15, -0.1) is 0 Å². The van der Waals surface area contributed by atoms with Crippen LogP contribution < -0.4 is 0 Å². The standard InChI is InChI=1S/C68H52N4O/c1-44-40-62(47-21-8-3-9-22-47)69-61(38-37-54(44)45-18-6-2-7-19-45)58-30-17-31-64-65(58)60-43-51(34-39-63(60)73-64)50-33-36-57-56(35-32-46-20-14-15-29-55(46)59(57)42-50)52-27-16-28-53(41-52)68-71-66(48-23-10-4-11-24-48)70-67(72-68)49-25-12-5-13-26-49/h2-31,33-34,36,39-43,54,56,61H,32,35,37-38H2,1H3/b44-40-,69-62?. The molecule has 1 aliphatic heterocycles. The summed E-state index contributed by atoms with van der Waals surface area (Å²) in [5.41, 5.74) is 19.5. The summed E-state index contributed by atoms with van der Waals surface area (Å²) in [6.07, 6.45) is 6.15. The first-order chi connectivity index (χ1) is 36.1. The van der Waals surface area contributed by atoms with Crippen molar-refractivity contribution in [3.8, 4) is 56.4 Å². The minimum absolute atomic E-state index is 0.0692. The van der Waals surface area contributed by atoms with Crippen molar-refractivity contribution in [2.24, 2.45) is 4.99 Å². The molecule has 0 N–H and O–H groups in total. The molecule has 3 unspecified atom stereocenters. The first kappa shape index (κ1) is 44.2. The van der Waals surface area contributed by atoms with Gasteiger partial charge in [-0.3, -0.25) is 4.99 Å². The van der Waals surface area contributed by atoms with E-state index in [2.05, 4.69) is 201 Å². The van der Waals surface area contributed by atoms with Crippen molar-refractivity contribution in [2.45, 2.75) is 50.5 Å². The summed E-state index contributed by atoms with van der Waals surface area (Å²) in [5, 5.41) is 2.25. The number of benzene rings is 9. The van der Waals surface area contributed by atoms with E-state index in [1.807, 2.05) is 36.4 Å². The van der Waals surface area contributed by atoms with E-state index in [0.29, 0.717) is 23.4 Å². The predicted molar refractivity (Wildman–Crippen MR) is 299 cm³/mol. The zero-order valence-electron chi connectivity index (χ0n) is 40.7. The highest BCUT2D eigenvalue weighted by Crippen LogP contribution is 2.46. The number of hydrogen-bond donors (Lipinski definition) is 0. The Labute approximate surface area is 426 Å². The Hall–Kier alpha value is -8.80. The van der Waals surface area contributed by atoms with Crippen molar-refractivity contribution in [2.75, 3.05) is 0 Å². The highest BCUT2D eigenvalue weighted by molar-refractivity contribution is 6.11. The lowest BCUT2D eigenvalue weighted by Crippen LogP contribution is -2.12. The number of aliphatic imine (C=N–C) groups is 1. The molecule has 5 heteroatoms. The number of hydrogen-bond acceptors (Lipinski definition) is 5. The largest absolute Gasteiger partial charge is 0.456 e. The van der Waals surface area contributed by atoms with E-state index in [-0.39, 0.29) is 12.0 Å². The highest BCUT2D eigenvalue weighted by atomic mass is 16.3. The van der Waals surface area contributed by atoms with Gasteiger partial charge in [0.1, 0.15) is 11.2 Å². The van der Waals surface area contributed by atoms with Crippen LogP contribution in [0, 0.1) is 0 Å². The number of aromatic nitrogens is 3. The number of allylic oxidation sites excluding steroid dienone is 2. The van der Waals surface area contributed by atoms with Crippen LogP contribution in [-0.4, -0.2) is 20.7 Å². The van der Waals surface area contributed by atoms with Crippen molar-refractivity contribution in [3.63, 3.8) is 0 Å². The minimum atomic E-state index is -0.0692. The second kappa shape index (κ2) is 19.1. The molecule has 3 atom stereocenters. The van der Waals surface area contributed by atoms with Crippen LogP contribution in [0.2, 0.25) is 0 Å². The Morgan fingerprint density at radius 1 is 0.411 bits per heavy atom. The van der Waals surface area contributed by atoms with E-state index >= 15 is 0 Å². The molecule has 9 aromatic carbocycles. The fraction of sp³-hybridized carbons (Fsp3) is 0.118. The molecular weight excluding hydrogens is 889 g/mol. The van der Waals surface area contributed by atoms with Gasteiger partial charge in [-0.1, -0.05) is 200 Å². The van der Waals surface area contributed by atoms with Crippen molar-refractivity contribution in [1.29, 1.82) is 0 Å². The zero-order chi connectivity index (χ0) is 48.7. The van der Waals surface area contributed by atoms with E-state index < -0.39 is 0 Å². The molecule has 2 aromatic heterocycles. The van der Waals surface area contributed by atoms with Gasteiger partial charge in [-0.25, -0.2) is 15.0 Å². The highest BCUT2D eigenvalue weighted by Gasteiger charge is 2.27. The maximum Gasteiger partial charge on any atom is 0.164 e. The average Bonchev–Trinajstić information content (AvgIpc) is 3.75. The molecule has 0 radical (unpaired) electrons. The molecule has 0 spiro atoms. The monoisotopic (exact) mass is 940 g/mol. The third-order valence-electron chi connectivity index (χ3n) is 15.1. The summed E-state index contributed by atoms with van der Waals surface area (Å²) in [4.78, 5) is 20.8. The maximum atomic E-state index is 6.69. The molecule has 0 saturated heterocycles. The van der Waals surface area contributed by atoms with E-state index in [1.165, 1.54) is 50.1 Å². The van der Waals surface area contributed by atoms with Gasteiger partial charge in [0.25, 0.3) is 0 Å². The first-order valence-corrected chi connectivity index (χ1v) is 25.6. The Kier molecular flexibility index (Phi) is 11.5. The van der Waals surface area contributed by atoms with Gasteiger partial charge in [0.05, 0.1) is 11.8 Å². The molecule has 0 saturated carbocycles. The second-order valence-electron chi connectivity index (χ2n) is 19.6. The third-order valence-corrected chi connectivity index (χ3v) is 15.1. The van der Waals surface area contributed by atoms with Crippen molar-refractivity contribution < 1.29 is 4.42 Å². The fourth-order valence-corrected chi connectivity index (χ4v) is 11.5. The number of aryl methyl sites for hydroxylation is 1. The summed E-state index contributed by atoms with van der Waals surface area (Å²) in [5.74, 6) is 2.42. The van der Waals surface area contributed by atoms with Crippen LogP contribution in [0.25, 0.3) is 78.4 Å². The SMILES string of the molecule is C/C1=C/C(c2ccccc2)=NC(c2cccc3oc4ccc(-c5ccc6c(c5)-c5ccccc5CCC6c5cccc(-c6nc(-c7ccccc7)nc(-c7ccccc7)n6)c5)cc4c23)CCC1c1ccccc1. The van der Waals surface area contributed by atoms with Gasteiger partial charge in [0.2, 0.25) is 0 Å². The van der Waals surface area contributed by atoms with Crippen molar-refractivity contribution in [3.05, 3.63) is 269 Å². The van der Waals surface area contributed by atoms with Gasteiger partial charge in [-0.2, -0.15) is 0 Å². The van der Waals surface area contributed by atoms with E-state index in [4.69, 9.17) is 24.4 Å². The summed E-state index contributed by atoms with van der Waals surface area (Å²) in [7, 11) is 0. The maximum absolute atomic E-state index is 6.69. The van der Waals surface area contributed by atoms with E-state index in [1.54, 1.807) is 0 Å². The molecule has 13 rings (SSSR count). The first-order valence-electron chi connectivity index (χ1n) is 25.6. The van der Waals surface area contributed by atoms with Crippen LogP contribution >= 0.6 is 0 Å². The van der Waals surface area contributed by atoms with Crippen LogP contribution in [0.5, 0.6) is 0 Å². The Morgan fingerprint density at radius 2 is 1.01 bits per heavy atom. The molecule has 0 fully saturated rings. The zero-order valence-corrected chi connectivity index (χ0v) is 40.7. The molecule has 350 valence electrons. The quantitative estimate of drug-likeness (QED) is 0.152. The van der Waals surface area contributed by atoms with Crippen LogP contribution in [0.15, 0.2) is 246 Å². The lowest BCUT2D eigenvalue weighted by Gasteiger charge is -2.25. The normalized spacial score (nSPS) is 17.4. The Bertz CT molecular complexity index is 3820. The predicted octanol–water partition coefficient (Wildman–Crippen LogP) is 17.2. The minimum Gasteiger partial charge on any atom is -0.456 e. The summed E-state index contributed by atoms with van der Waals surface area (Å²) in [6, 6.07) is 80.1. The number of rotatable bonds is 8. The molecular formula is C68H52N4O. The smallest absolute Gasteiger partial charge is 0.164 e. The van der Waals surface area contributed by atoms with E-state index in [0.717, 1.165) is 81.2 Å². The molecule has 0 amide bonds. The van der Waals surface area contributed by atoms with Gasteiger partial charge in [-0.05, 0) is 125 Å². The lowest BCUT2D eigenvalue weighted by atomic mass is 9.83. The molecule has 2 aliphatic rings. The molecule has 73 heavy (non-hydrogen) atoms. The molecule has 11 aromatic rings. The number of fused-ring (bicyclic) bond motifs is 6. The van der Waals surface area contributed by atoms with Gasteiger partial charge in [0, 0.05) is 39.3 Å². The van der Waals surface area contributed by atoms with Crippen LogP contribution in [0.3, 0.4) is 0 Å². The van der Waals surface area contributed by atoms with Crippen molar-refractivity contribution >= 4 is 27.7 Å².